The molecule has 38 heavy (non-hydrogen) atoms. The lowest BCUT2D eigenvalue weighted by Crippen LogP contribution is -2.48. The van der Waals surface area contributed by atoms with E-state index in [4.69, 9.17) is 0 Å². The summed E-state index contributed by atoms with van der Waals surface area (Å²) in [5.41, 5.74) is 1.37. The van der Waals surface area contributed by atoms with Gasteiger partial charge in [-0.1, -0.05) is 18.2 Å². The quantitative estimate of drug-likeness (QED) is 0.294. The number of aliphatic carboxylic acids is 1. The molecule has 0 bridgehead atoms. The number of benzene rings is 2. The van der Waals surface area contributed by atoms with Gasteiger partial charge < -0.3 is 20.6 Å². The van der Waals surface area contributed by atoms with Gasteiger partial charge in [-0.25, -0.2) is 14.2 Å². The topological polar surface area (TPSA) is 112 Å². The van der Waals surface area contributed by atoms with Crippen LogP contribution in [0, 0.1) is 12.7 Å². The van der Waals surface area contributed by atoms with Crippen LogP contribution < -0.4 is 26.4 Å². The molecule has 1 aliphatic heterocycles. The molecule has 196 valence electrons. The predicted octanol–water partition coefficient (Wildman–Crippen LogP) is 4.51. The largest absolute Gasteiger partial charge is 0.480 e. The third-order valence-electron chi connectivity index (χ3n) is 7.29. The van der Waals surface area contributed by atoms with Gasteiger partial charge in [-0.3, -0.25) is 9.59 Å². The van der Waals surface area contributed by atoms with E-state index in [9.17, 15) is 23.9 Å². The normalized spacial score (nSPS) is 18.2. The van der Waals surface area contributed by atoms with E-state index in [1.54, 1.807) is 30.3 Å². The number of halogens is 1. The van der Waals surface area contributed by atoms with Gasteiger partial charge >= 0.3 is 5.97 Å². The standard InChI is InChI=1S/C29H29FN4O4/c1-15-12-19-8-9-20(30)14-22(19)28(31-15)32-21-10-6-18(7-11-21)13-23(29(37)38)33-24-25(27(36)26(24)35)34-16(2)4-5-17(34)3/h6-12,14,16-17,23,33H,4-5,13H2,1-3H3,(H,31,32)(H,37,38)/t16?,17?,23-/m0/s1. The average Bonchev–Trinajstić information content (AvgIpc) is 3.21. The van der Waals surface area contributed by atoms with Crippen LogP contribution in [0.1, 0.15) is 37.9 Å². The summed E-state index contributed by atoms with van der Waals surface area (Å²) in [7, 11) is 0. The molecule has 1 aliphatic rings. The number of nitrogens with zero attached hydrogens (tertiary/aromatic N) is 2. The summed E-state index contributed by atoms with van der Waals surface area (Å²) in [5, 5.41) is 17.4. The van der Waals surface area contributed by atoms with Gasteiger partial charge in [0.25, 0.3) is 10.9 Å². The Morgan fingerprint density at radius 1 is 1.08 bits per heavy atom. The Morgan fingerprint density at radius 3 is 2.42 bits per heavy atom. The molecule has 3 N–H and O–H groups in total. The van der Waals surface area contributed by atoms with Crippen LogP contribution in [0.4, 0.5) is 27.3 Å². The number of nitrogens with one attached hydrogen (secondary N) is 2. The first-order valence-corrected chi connectivity index (χ1v) is 12.7. The van der Waals surface area contributed by atoms with Gasteiger partial charge in [0.15, 0.2) is 0 Å². The predicted molar refractivity (Wildman–Crippen MR) is 147 cm³/mol. The summed E-state index contributed by atoms with van der Waals surface area (Å²) in [4.78, 5) is 43.3. The number of aryl methyl sites for hydroxylation is 1. The van der Waals surface area contributed by atoms with Crippen LogP contribution >= 0.6 is 0 Å². The van der Waals surface area contributed by atoms with Gasteiger partial charge in [0.05, 0.1) is 0 Å². The van der Waals surface area contributed by atoms with Gasteiger partial charge in [-0.2, -0.15) is 0 Å². The van der Waals surface area contributed by atoms with Crippen molar-refractivity contribution in [2.24, 2.45) is 0 Å². The minimum absolute atomic E-state index is 0.0888. The van der Waals surface area contributed by atoms with E-state index < -0.39 is 22.9 Å². The molecule has 3 aromatic carbocycles. The highest BCUT2D eigenvalue weighted by Gasteiger charge is 2.36. The van der Waals surface area contributed by atoms with Crippen LogP contribution in [0.3, 0.4) is 0 Å². The Morgan fingerprint density at radius 2 is 1.76 bits per heavy atom. The highest BCUT2D eigenvalue weighted by Crippen LogP contribution is 2.33. The third-order valence-corrected chi connectivity index (χ3v) is 7.29. The number of fused-ring (bicyclic) bond motifs is 1. The molecule has 0 amide bonds. The van der Waals surface area contributed by atoms with Crippen molar-refractivity contribution in [3.8, 4) is 0 Å². The molecule has 9 heteroatoms. The van der Waals surface area contributed by atoms with Crippen LogP contribution in [0.25, 0.3) is 10.8 Å². The summed E-state index contributed by atoms with van der Waals surface area (Å²) in [6.45, 7) is 5.86. The zero-order valence-electron chi connectivity index (χ0n) is 21.4. The second kappa shape index (κ2) is 9.89. The van der Waals surface area contributed by atoms with Crippen molar-refractivity contribution in [3.63, 3.8) is 0 Å². The minimum Gasteiger partial charge on any atom is -0.480 e. The molecular weight excluding hydrogens is 487 g/mol. The molecule has 0 radical (unpaired) electrons. The number of hydrogen-bond donors (Lipinski definition) is 3. The molecule has 1 saturated heterocycles. The van der Waals surface area contributed by atoms with Crippen LogP contribution in [0.2, 0.25) is 0 Å². The first-order valence-electron chi connectivity index (χ1n) is 12.7. The van der Waals surface area contributed by atoms with Crippen LogP contribution in [-0.2, 0) is 11.2 Å². The van der Waals surface area contributed by atoms with Gasteiger partial charge in [-0.05, 0) is 74.9 Å². The van der Waals surface area contributed by atoms with Gasteiger partial charge in [0.2, 0.25) is 0 Å². The highest BCUT2D eigenvalue weighted by atomic mass is 19.1. The summed E-state index contributed by atoms with van der Waals surface area (Å²) in [6.07, 6.45) is 1.92. The second-order valence-corrected chi connectivity index (χ2v) is 10.1. The van der Waals surface area contributed by atoms with E-state index in [-0.39, 0.29) is 30.0 Å². The zero-order valence-corrected chi connectivity index (χ0v) is 21.4. The number of aromatic nitrogens is 1. The fraction of sp³-hybridized carbons (Fsp3) is 0.310. The monoisotopic (exact) mass is 516 g/mol. The second-order valence-electron chi connectivity index (χ2n) is 10.1. The van der Waals surface area contributed by atoms with E-state index in [1.807, 2.05) is 31.7 Å². The van der Waals surface area contributed by atoms with Crippen LogP contribution in [-0.4, -0.2) is 34.2 Å². The van der Waals surface area contributed by atoms with Crippen LogP contribution in [0.15, 0.2) is 58.1 Å². The number of carboxylic acids is 1. The van der Waals surface area contributed by atoms with Gasteiger partial charge in [-0.15, -0.1) is 0 Å². The Balaban J connectivity index is 1.34. The minimum atomic E-state index is -1.12. The first-order chi connectivity index (χ1) is 18.1. The van der Waals surface area contributed by atoms with E-state index in [2.05, 4.69) is 15.6 Å². The lowest BCUT2D eigenvalue weighted by Gasteiger charge is -2.32. The molecule has 4 aromatic rings. The summed E-state index contributed by atoms with van der Waals surface area (Å²) in [5.74, 6) is -0.950. The Labute approximate surface area is 218 Å². The summed E-state index contributed by atoms with van der Waals surface area (Å²) in [6, 6.07) is 12.7. The van der Waals surface area contributed by atoms with Crippen molar-refractivity contribution in [2.45, 2.75) is 58.2 Å². The number of carboxylic acid groups (broad SMARTS) is 1. The van der Waals surface area contributed by atoms with E-state index in [0.717, 1.165) is 29.5 Å². The molecule has 2 heterocycles. The van der Waals surface area contributed by atoms with Crippen molar-refractivity contribution in [3.05, 3.63) is 86.1 Å². The maximum absolute atomic E-state index is 13.9. The molecule has 2 unspecified atom stereocenters. The number of pyridine rings is 1. The maximum atomic E-state index is 13.9. The number of hydrogen-bond acceptors (Lipinski definition) is 7. The fourth-order valence-electron chi connectivity index (χ4n) is 5.32. The molecule has 0 spiro atoms. The Hall–Kier alpha value is -4.27. The number of carbonyl (C=O) groups is 1. The smallest absolute Gasteiger partial charge is 0.326 e. The maximum Gasteiger partial charge on any atom is 0.326 e. The SMILES string of the molecule is Cc1cc2ccc(F)cc2c(Nc2ccc(C[C@H](Nc3c(N4C(C)CCC4C)c(=O)c3=O)C(=O)O)cc2)n1. The molecule has 0 aliphatic carbocycles. The average molecular weight is 517 g/mol. The number of anilines is 4. The molecule has 1 fully saturated rings. The molecule has 1 aromatic heterocycles. The van der Waals surface area contributed by atoms with E-state index in [1.165, 1.54) is 12.1 Å². The zero-order chi connectivity index (χ0) is 27.1. The Bertz CT molecular complexity index is 1580. The Kier molecular flexibility index (Phi) is 6.60. The van der Waals surface area contributed by atoms with Crippen molar-refractivity contribution < 1.29 is 14.3 Å². The molecular formula is C29H29FN4O4. The van der Waals surface area contributed by atoms with Crippen molar-refractivity contribution in [1.82, 2.24) is 4.98 Å². The third kappa shape index (κ3) is 4.71. The lowest BCUT2D eigenvalue weighted by molar-refractivity contribution is -0.137. The molecule has 8 nitrogen and oxygen atoms in total. The van der Waals surface area contributed by atoms with E-state index in [0.29, 0.717) is 22.6 Å². The lowest BCUT2D eigenvalue weighted by atomic mass is 10.0. The molecule has 5 rings (SSSR count). The summed E-state index contributed by atoms with van der Waals surface area (Å²) >= 11 is 0. The van der Waals surface area contributed by atoms with Crippen LogP contribution in [0.5, 0.6) is 0 Å². The molecule has 0 saturated carbocycles. The van der Waals surface area contributed by atoms with Gasteiger partial charge in [0, 0.05) is 35.3 Å². The highest BCUT2D eigenvalue weighted by molar-refractivity contribution is 5.93. The number of rotatable bonds is 8. The van der Waals surface area contributed by atoms with E-state index >= 15 is 0 Å². The van der Waals surface area contributed by atoms with Crippen molar-refractivity contribution in [2.75, 3.05) is 15.5 Å². The fourth-order valence-corrected chi connectivity index (χ4v) is 5.32. The van der Waals surface area contributed by atoms with Crippen molar-refractivity contribution in [1.29, 1.82) is 0 Å². The summed E-state index contributed by atoms with van der Waals surface area (Å²) < 4.78 is 13.9. The van der Waals surface area contributed by atoms with Gasteiger partial charge in [0.1, 0.15) is 29.1 Å². The van der Waals surface area contributed by atoms with Crippen molar-refractivity contribution >= 4 is 39.6 Å². The molecule has 3 atom stereocenters. The first kappa shape index (κ1) is 25.4.